The Kier molecular flexibility index (Phi) is 6.05. The van der Waals surface area contributed by atoms with Crippen molar-refractivity contribution >= 4 is 28.8 Å². The molecule has 5 rings (SSSR count). The molecule has 35 heavy (non-hydrogen) atoms. The van der Waals surface area contributed by atoms with E-state index in [4.69, 9.17) is 10.5 Å². The zero-order chi connectivity index (χ0) is 24.4. The molecule has 2 aliphatic heterocycles. The number of rotatable bonds is 6. The van der Waals surface area contributed by atoms with Crippen molar-refractivity contribution in [1.29, 1.82) is 0 Å². The molecule has 8 nitrogen and oxygen atoms in total. The van der Waals surface area contributed by atoms with Crippen molar-refractivity contribution in [3.8, 4) is 11.5 Å². The molecule has 5 N–H and O–H groups in total. The molecule has 0 bridgehead atoms. The summed E-state index contributed by atoms with van der Waals surface area (Å²) in [6.07, 6.45) is 2.71. The number of nitrogens with zero attached hydrogens (tertiary/aromatic N) is 1. The molecule has 2 amide bonds. The van der Waals surface area contributed by atoms with Gasteiger partial charge in [0.05, 0.1) is 6.17 Å². The number of hydrazine groups is 1. The van der Waals surface area contributed by atoms with Gasteiger partial charge in [-0.15, -0.1) is 0 Å². The van der Waals surface area contributed by atoms with Gasteiger partial charge >= 0.3 is 0 Å². The molecule has 3 aromatic rings. The molecule has 0 aromatic heterocycles. The number of anilines is 2. The number of hydrogen-bond donors (Lipinski definition) is 4. The van der Waals surface area contributed by atoms with Crippen molar-refractivity contribution in [1.82, 2.24) is 10.9 Å². The second kappa shape index (κ2) is 9.46. The van der Waals surface area contributed by atoms with Gasteiger partial charge in [-0.25, -0.2) is 5.43 Å². The SMILES string of the molecule is C=CC(=O)Nc1ccc(N2C=C(c3ccc(Oc4ccccc4)cc3)C3C(N)NNC(=O)C32)cc1. The monoisotopic (exact) mass is 467 g/mol. The number of ether oxygens (including phenoxy) is 1. The lowest BCUT2D eigenvalue weighted by molar-refractivity contribution is -0.126. The molecule has 2 aliphatic rings. The Morgan fingerprint density at radius 1 is 1.00 bits per heavy atom. The largest absolute Gasteiger partial charge is 0.457 e. The molecular weight excluding hydrogens is 442 g/mol. The van der Waals surface area contributed by atoms with E-state index < -0.39 is 12.2 Å². The number of nitrogens with one attached hydrogen (secondary N) is 3. The first-order valence-electron chi connectivity index (χ1n) is 11.2. The van der Waals surface area contributed by atoms with Crippen LogP contribution < -0.4 is 31.5 Å². The summed E-state index contributed by atoms with van der Waals surface area (Å²) in [6.45, 7) is 3.46. The van der Waals surface area contributed by atoms with Crippen LogP contribution in [0.5, 0.6) is 11.5 Å². The number of fused-ring (bicyclic) bond motifs is 1. The van der Waals surface area contributed by atoms with E-state index in [0.717, 1.165) is 22.6 Å². The summed E-state index contributed by atoms with van der Waals surface area (Å²) < 4.78 is 5.91. The van der Waals surface area contributed by atoms with Gasteiger partial charge in [-0.2, -0.15) is 0 Å². The second-order valence-electron chi connectivity index (χ2n) is 8.30. The predicted molar refractivity (Wildman–Crippen MR) is 135 cm³/mol. The van der Waals surface area contributed by atoms with Crippen molar-refractivity contribution in [3.63, 3.8) is 0 Å². The van der Waals surface area contributed by atoms with E-state index in [1.807, 2.05) is 77.8 Å². The van der Waals surface area contributed by atoms with E-state index in [2.05, 4.69) is 22.7 Å². The van der Waals surface area contributed by atoms with Gasteiger partial charge < -0.3 is 20.7 Å². The summed E-state index contributed by atoms with van der Waals surface area (Å²) in [4.78, 5) is 26.4. The molecule has 0 radical (unpaired) electrons. The maximum atomic E-state index is 12.9. The molecule has 2 heterocycles. The van der Waals surface area contributed by atoms with E-state index >= 15 is 0 Å². The predicted octanol–water partition coefficient (Wildman–Crippen LogP) is 3.37. The van der Waals surface area contributed by atoms with Crippen LogP contribution in [0.1, 0.15) is 5.56 Å². The summed E-state index contributed by atoms with van der Waals surface area (Å²) >= 11 is 0. The molecule has 1 fully saturated rings. The van der Waals surface area contributed by atoms with Crippen molar-refractivity contribution in [3.05, 3.63) is 103 Å². The van der Waals surface area contributed by atoms with Gasteiger partial charge in [-0.1, -0.05) is 36.9 Å². The summed E-state index contributed by atoms with van der Waals surface area (Å²) in [5.74, 6) is 0.743. The van der Waals surface area contributed by atoms with Gasteiger partial charge in [0.2, 0.25) is 5.91 Å². The van der Waals surface area contributed by atoms with Gasteiger partial charge in [-0.05, 0) is 65.7 Å². The van der Waals surface area contributed by atoms with Crippen LogP contribution >= 0.6 is 0 Å². The Labute approximate surface area is 203 Å². The van der Waals surface area contributed by atoms with Gasteiger partial charge in [0.25, 0.3) is 5.91 Å². The molecule has 3 aromatic carbocycles. The first kappa shape index (κ1) is 22.4. The number of benzene rings is 3. The topological polar surface area (TPSA) is 109 Å². The third-order valence-corrected chi connectivity index (χ3v) is 6.08. The molecule has 176 valence electrons. The normalized spacial score (nSPS) is 20.9. The van der Waals surface area contributed by atoms with Crippen molar-refractivity contribution < 1.29 is 14.3 Å². The fourth-order valence-corrected chi connectivity index (χ4v) is 4.41. The van der Waals surface area contributed by atoms with Crippen LogP contribution in [0.3, 0.4) is 0 Å². The second-order valence-corrected chi connectivity index (χ2v) is 8.30. The molecule has 8 heteroatoms. The fourth-order valence-electron chi connectivity index (χ4n) is 4.41. The zero-order valence-electron chi connectivity index (χ0n) is 18.8. The first-order valence-corrected chi connectivity index (χ1v) is 11.2. The van der Waals surface area contributed by atoms with E-state index in [-0.39, 0.29) is 17.7 Å². The maximum absolute atomic E-state index is 12.9. The molecule has 0 aliphatic carbocycles. The number of hydrogen-bond acceptors (Lipinski definition) is 6. The van der Waals surface area contributed by atoms with Gasteiger partial charge in [0, 0.05) is 23.5 Å². The Hall–Kier alpha value is -4.40. The highest BCUT2D eigenvalue weighted by Gasteiger charge is 2.47. The molecule has 3 unspecified atom stereocenters. The highest BCUT2D eigenvalue weighted by molar-refractivity contribution is 5.99. The summed E-state index contributed by atoms with van der Waals surface area (Å²) in [6, 6.07) is 24.1. The fraction of sp³-hybridized carbons (Fsp3) is 0.111. The van der Waals surface area contributed by atoms with Gasteiger partial charge in [0.1, 0.15) is 17.5 Å². The number of amides is 2. The minimum Gasteiger partial charge on any atom is -0.457 e. The van der Waals surface area contributed by atoms with Gasteiger partial charge in [-0.3, -0.25) is 15.0 Å². The minimum atomic E-state index is -0.518. The van der Waals surface area contributed by atoms with Crippen LogP contribution in [0.25, 0.3) is 5.57 Å². The lowest BCUT2D eigenvalue weighted by Crippen LogP contribution is -2.66. The van der Waals surface area contributed by atoms with Crippen molar-refractivity contribution in [2.75, 3.05) is 10.2 Å². The zero-order valence-corrected chi connectivity index (χ0v) is 18.8. The average Bonchev–Trinajstić information content (AvgIpc) is 3.30. The number of para-hydroxylation sites is 1. The maximum Gasteiger partial charge on any atom is 0.257 e. The average molecular weight is 468 g/mol. The Bertz CT molecular complexity index is 1270. The van der Waals surface area contributed by atoms with Gasteiger partial charge in [0.15, 0.2) is 0 Å². The smallest absolute Gasteiger partial charge is 0.257 e. The number of carbonyl (C=O) groups is 2. The quantitative estimate of drug-likeness (QED) is 0.414. The lowest BCUT2D eigenvalue weighted by Gasteiger charge is -2.37. The molecule has 3 atom stereocenters. The summed E-state index contributed by atoms with van der Waals surface area (Å²) in [7, 11) is 0. The highest BCUT2D eigenvalue weighted by atomic mass is 16.5. The van der Waals surface area contributed by atoms with Crippen LogP contribution in [-0.2, 0) is 9.59 Å². The number of nitrogens with two attached hydrogens (primary N) is 1. The van der Waals surface area contributed by atoms with Crippen LogP contribution in [0.4, 0.5) is 11.4 Å². The van der Waals surface area contributed by atoms with E-state index in [0.29, 0.717) is 11.4 Å². The van der Waals surface area contributed by atoms with Crippen LogP contribution in [0, 0.1) is 5.92 Å². The minimum absolute atomic E-state index is 0.170. The summed E-state index contributed by atoms with van der Waals surface area (Å²) in [5.41, 5.74) is 15.3. The molecular formula is C27H25N5O3. The molecule has 1 saturated heterocycles. The van der Waals surface area contributed by atoms with Crippen LogP contribution in [0.2, 0.25) is 0 Å². The van der Waals surface area contributed by atoms with E-state index in [9.17, 15) is 9.59 Å². The Balaban J connectivity index is 1.44. The Morgan fingerprint density at radius 3 is 2.37 bits per heavy atom. The standard InChI is InChI=1S/C27H25N5O3/c1-2-23(33)29-18-10-12-19(13-11-18)32-16-22(24-25(32)27(34)31-30-26(24)28)17-8-14-21(15-9-17)35-20-6-4-3-5-7-20/h2-16,24-26,30H,1,28H2,(H,29,33)(H,31,34). The third kappa shape index (κ3) is 4.52. The van der Waals surface area contributed by atoms with Crippen LogP contribution in [0.15, 0.2) is 97.7 Å². The molecule has 0 saturated carbocycles. The Morgan fingerprint density at radius 2 is 1.69 bits per heavy atom. The van der Waals surface area contributed by atoms with Crippen LogP contribution in [-0.4, -0.2) is 24.0 Å². The van der Waals surface area contributed by atoms with Crippen molar-refractivity contribution in [2.24, 2.45) is 11.7 Å². The lowest BCUT2D eigenvalue weighted by atomic mass is 9.86. The van der Waals surface area contributed by atoms with E-state index in [1.54, 1.807) is 12.1 Å². The first-order chi connectivity index (χ1) is 17.0. The molecule has 0 spiro atoms. The summed E-state index contributed by atoms with van der Waals surface area (Å²) in [5, 5.41) is 2.73. The van der Waals surface area contributed by atoms with E-state index in [1.165, 1.54) is 6.08 Å². The van der Waals surface area contributed by atoms with Crippen molar-refractivity contribution in [2.45, 2.75) is 12.2 Å². The third-order valence-electron chi connectivity index (χ3n) is 6.08. The highest BCUT2D eigenvalue weighted by Crippen LogP contribution is 2.41. The number of carbonyl (C=O) groups excluding carboxylic acids is 2.